The quantitative estimate of drug-likeness (QED) is 0.824. The van der Waals surface area contributed by atoms with Crippen molar-refractivity contribution in [2.24, 2.45) is 0 Å². The summed E-state index contributed by atoms with van der Waals surface area (Å²) in [5.74, 6) is 2.06. The van der Waals surface area contributed by atoms with Crippen LogP contribution in [-0.4, -0.2) is 51.9 Å². The number of carbonyl (C=O) groups excluding carboxylic acids is 1. The molecule has 2 aromatic rings. The Morgan fingerprint density at radius 2 is 1.96 bits per heavy atom. The number of nitrogens with zero attached hydrogens (tertiary/aromatic N) is 1. The molecule has 0 aliphatic carbocycles. The van der Waals surface area contributed by atoms with Crippen LogP contribution in [0.1, 0.15) is 5.56 Å². The topological polar surface area (TPSA) is 57.2 Å². The van der Waals surface area contributed by atoms with E-state index in [1.807, 2.05) is 36.4 Å². The first-order valence-corrected chi connectivity index (χ1v) is 8.41. The van der Waals surface area contributed by atoms with Gasteiger partial charge in [-0.2, -0.15) is 0 Å². The van der Waals surface area contributed by atoms with Crippen LogP contribution in [0.15, 0.2) is 36.4 Å². The fourth-order valence-corrected chi connectivity index (χ4v) is 3.03. The number of ether oxygens (including phenoxy) is 4. The Morgan fingerprint density at radius 3 is 2.69 bits per heavy atom. The standard InChI is InChI=1S/C20H23NO5/c1-23-13-19(22)21-7-8-26-20-16(12-21)9-15(11-18(20)25-3)14-5-4-6-17(10-14)24-2/h4-6,9-11H,7-8,12-13H2,1-3H3. The number of hydrogen-bond donors (Lipinski definition) is 0. The van der Waals surface area contributed by atoms with E-state index in [1.54, 1.807) is 19.1 Å². The van der Waals surface area contributed by atoms with Crippen molar-refractivity contribution >= 4 is 5.91 Å². The molecule has 0 aromatic heterocycles. The molecule has 0 bridgehead atoms. The van der Waals surface area contributed by atoms with Gasteiger partial charge in [0.1, 0.15) is 19.0 Å². The van der Waals surface area contributed by atoms with E-state index >= 15 is 0 Å². The van der Waals surface area contributed by atoms with Gasteiger partial charge in [0.05, 0.1) is 20.8 Å². The Bertz CT molecular complexity index is 790. The lowest BCUT2D eigenvalue weighted by Crippen LogP contribution is -2.34. The van der Waals surface area contributed by atoms with Gasteiger partial charge in [-0.25, -0.2) is 0 Å². The Morgan fingerprint density at radius 1 is 1.12 bits per heavy atom. The second-order valence-corrected chi connectivity index (χ2v) is 6.00. The number of carbonyl (C=O) groups is 1. The summed E-state index contributed by atoms with van der Waals surface area (Å²) in [7, 11) is 4.78. The zero-order valence-corrected chi connectivity index (χ0v) is 15.3. The van der Waals surface area contributed by atoms with Gasteiger partial charge in [0, 0.05) is 19.2 Å². The molecular formula is C20H23NO5. The third kappa shape index (κ3) is 3.75. The highest BCUT2D eigenvalue weighted by molar-refractivity contribution is 5.78. The van der Waals surface area contributed by atoms with Crippen molar-refractivity contribution in [1.29, 1.82) is 0 Å². The molecule has 1 amide bonds. The first kappa shape index (κ1) is 18.1. The van der Waals surface area contributed by atoms with Crippen LogP contribution in [0.3, 0.4) is 0 Å². The summed E-state index contributed by atoms with van der Waals surface area (Å²) in [6.45, 7) is 1.43. The second-order valence-electron chi connectivity index (χ2n) is 6.00. The highest BCUT2D eigenvalue weighted by Crippen LogP contribution is 2.38. The SMILES string of the molecule is COCC(=O)N1CCOc2c(cc(-c3cccc(OC)c3)cc2OC)C1. The third-order valence-corrected chi connectivity index (χ3v) is 4.34. The van der Waals surface area contributed by atoms with E-state index in [9.17, 15) is 4.79 Å². The highest BCUT2D eigenvalue weighted by Gasteiger charge is 2.23. The van der Waals surface area contributed by atoms with E-state index < -0.39 is 0 Å². The molecule has 3 rings (SSSR count). The molecule has 1 aliphatic rings. The van der Waals surface area contributed by atoms with E-state index in [4.69, 9.17) is 18.9 Å². The minimum absolute atomic E-state index is 0.0576. The maximum atomic E-state index is 12.3. The number of hydrogen-bond acceptors (Lipinski definition) is 5. The van der Waals surface area contributed by atoms with Gasteiger partial charge in [-0.1, -0.05) is 12.1 Å². The van der Waals surface area contributed by atoms with Crippen LogP contribution in [0.25, 0.3) is 11.1 Å². The van der Waals surface area contributed by atoms with Gasteiger partial charge in [0.2, 0.25) is 5.91 Å². The van der Waals surface area contributed by atoms with E-state index in [1.165, 1.54) is 7.11 Å². The average Bonchev–Trinajstić information content (AvgIpc) is 2.90. The maximum absolute atomic E-state index is 12.3. The zero-order chi connectivity index (χ0) is 18.5. The minimum atomic E-state index is -0.0605. The molecule has 2 aromatic carbocycles. The molecule has 6 heteroatoms. The van der Waals surface area contributed by atoms with E-state index in [2.05, 4.69) is 0 Å². The summed E-state index contributed by atoms with van der Waals surface area (Å²) in [6.07, 6.45) is 0. The van der Waals surface area contributed by atoms with E-state index in [0.29, 0.717) is 31.2 Å². The van der Waals surface area contributed by atoms with Crippen LogP contribution in [0.2, 0.25) is 0 Å². The van der Waals surface area contributed by atoms with Crippen LogP contribution in [-0.2, 0) is 16.1 Å². The summed E-state index contributed by atoms with van der Waals surface area (Å²) >= 11 is 0. The second kappa shape index (κ2) is 8.10. The number of amides is 1. The molecule has 0 saturated carbocycles. The summed E-state index contributed by atoms with van der Waals surface area (Å²) < 4.78 is 21.7. The molecular weight excluding hydrogens is 334 g/mol. The first-order chi connectivity index (χ1) is 12.7. The maximum Gasteiger partial charge on any atom is 0.248 e. The molecule has 0 radical (unpaired) electrons. The smallest absolute Gasteiger partial charge is 0.248 e. The molecule has 0 fully saturated rings. The zero-order valence-electron chi connectivity index (χ0n) is 15.3. The fraction of sp³-hybridized carbons (Fsp3) is 0.350. The van der Waals surface area contributed by atoms with Gasteiger partial charge in [-0.05, 0) is 35.4 Å². The van der Waals surface area contributed by atoms with Crippen molar-refractivity contribution in [2.45, 2.75) is 6.54 Å². The lowest BCUT2D eigenvalue weighted by molar-refractivity contribution is -0.135. The average molecular weight is 357 g/mol. The number of benzene rings is 2. The van der Waals surface area contributed by atoms with Gasteiger partial charge in [0.15, 0.2) is 11.5 Å². The molecule has 1 aliphatic heterocycles. The van der Waals surface area contributed by atoms with Crippen LogP contribution in [0.5, 0.6) is 17.2 Å². The third-order valence-electron chi connectivity index (χ3n) is 4.34. The van der Waals surface area contributed by atoms with Crippen LogP contribution in [0.4, 0.5) is 0 Å². The molecule has 0 N–H and O–H groups in total. The molecule has 26 heavy (non-hydrogen) atoms. The van der Waals surface area contributed by atoms with E-state index in [0.717, 1.165) is 22.4 Å². The van der Waals surface area contributed by atoms with Gasteiger partial charge in [-0.15, -0.1) is 0 Å². The van der Waals surface area contributed by atoms with Crippen molar-refractivity contribution in [3.63, 3.8) is 0 Å². The lowest BCUT2D eigenvalue weighted by atomic mass is 10.0. The van der Waals surface area contributed by atoms with E-state index in [-0.39, 0.29) is 12.5 Å². The van der Waals surface area contributed by atoms with Crippen molar-refractivity contribution in [2.75, 3.05) is 41.1 Å². The Labute approximate surface area is 153 Å². The van der Waals surface area contributed by atoms with Gasteiger partial charge < -0.3 is 23.8 Å². The van der Waals surface area contributed by atoms with Gasteiger partial charge >= 0.3 is 0 Å². The Kier molecular flexibility index (Phi) is 5.63. The number of methoxy groups -OCH3 is 3. The van der Waals surface area contributed by atoms with Crippen LogP contribution >= 0.6 is 0 Å². The Balaban J connectivity index is 2.01. The predicted octanol–water partition coefficient (Wildman–Crippen LogP) is 2.74. The summed E-state index contributed by atoms with van der Waals surface area (Å²) in [6, 6.07) is 11.8. The fourth-order valence-electron chi connectivity index (χ4n) is 3.03. The molecule has 6 nitrogen and oxygen atoms in total. The highest BCUT2D eigenvalue weighted by atomic mass is 16.5. The van der Waals surface area contributed by atoms with Gasteiger partial charge in [-0.3, -0.25) is 4.79 Å². The van der Waals surface area contributed by atoms with Crippen molar-refractivity contribution in [1.82, 2.24) is 4.90 Å². The summed E-state index contributed by atoms with van der Waals surface area (Å²) in [4.78, 5) is 14.0. The molecule has 0 unspecified atom stereocenters. The lowest BCUT2D eigenvalue weighted by Gasteiger charge is -2.20. The van der Waals surface area contributed by atoms with Crippen LogP contribution in [0, 0.1) is 0 Å². The normalized spacial score (nSPS) is 13.4. The summed E-state index contributed by atoms with van der Waals surface area (Å²) in [5.41, 5.74) is 2.89. The van der Waals surface area contributed by atoms with Gasteiger partial charge in [0.25, 0.3) is 0 Å². The van der Waals surface area contributed by atoms with Crippen molar-refractivity contribution < 1.29 is 23.7 Å². The Hall–Kier alpha value is -2.73. The minimum Gasteiger partial charge on any atom is -0.497 e. The van der Waals surface area contributed by atoms with Crippen LogP contribution < -0.4 is 14.2 Å². The largest absolute Gasteiger partial charge is 0.497 e. The molecule has 138 valence electrons. The molecule has 0 spiro atoms. The number of rotatable bonds is 5. The van der Waals surface area contributed by atoms with Crippen molar-refractivity contribution in [3.05, 3.63) is 42.0 Å². The van der Waals surface area contributed by atoms with Crippen molar-refractivity contribution in [3.8, 4) is 28.4 Å². The predicted molar refractivity (Wildman–Crippen MR) is 97.8 cm³/mol. The molecule has 1 heterocycles. The molecule has 0 atom stereocenters. The first-order valence-electron chi connectivity index (χ1n) is 8.41. The summed E-state index contributed by atoms with van der Waals surface area (Å²) in [5, 5.41) is 0. The number of fused-ring (bicyclic) bond motifs is 1. The monoisotopic (exact) mass is 357 g/mol. The molecule has 0 saturated heterocycles.